The van der Waals surface area contributed by atoms with Crippen molar-refractivity contribution in [3.8, 4) is 5.75 Å². The summed E-state index contributed by atoms with van der Waals surface area (Å²) < 4.78 is 0. The summed E-state index contributed by atoms with van der Waals surface area (Å²) >= 11 is 0. The number of rotatable bonds is 3. The Balaban J connectivity index is 1.63. The number of hydrogen-bond donors (Lipinski definition) is 3. The van der Waals surface area contributed by atoms with Crippen molar-refractivity contribution in [2.75, 3.05) is 0 Å². The number of phenols is 1. The molecular formula is C24H31NO4. The van der Waals surface area contributed by atoms with Gasteiger partial charge in [-0.2, -0.15) is 0 Å². The lowest BCUT2D eigenvalue weighted by molar-refractivity contribution is -0.174. The van der Waals surface area contributed by atoms with Gasteiger partial charge in [0, 0.05) is 23.8 Å². The van der Waals surface area contributed by atoms with E-state index in [1.807, 2.05) is 6.07 Å². The van der Waals surface area contributed by atoms with Crippen molar-refractivity contribution in [3.63, 3.8) is 0 Å². The fraction of sp³-hybridized carbons (Fsp3) is 0.667. The minimum atomic E-state index is -0.997. The number of benzene rings is 1. The van der Waals surface area contributed by atoms with Gasteiger partial charge in [-0.1, -0.05) is 31.7 Å². The topological polar surface area (TPSA) is 101 Å². The van der Waals surface area contributed by atoms with Crippen LogP contribution in [0.4, 0.5) is 0 Å². The molecule has 0 aromatic heterocycles. The van der Waals surface area contributed by atoms with Gasteiger partial charge in [-0.25, -0.2) is 0 Å². The summed E-state index contributed by atoms with van der Waals surface area (Å²) in [5.41, 5.74) is 5.39. The number of Topliss-reactive ketones (excluding diaryl/α,β-unsaturated/α-hetero) is 1. The van der Waals surface area contributed by atoms with Gasteiger partial charge in [0.05, 0.1) is 11.2 Å². The minimum Gasteiger partial charge on any atom is -0.507 e. The highest BCUT2D eigenvalue weighted by Gasteiger charge is 2.65. The van der Waals surface area contributed by atoms with E-state index in [4.69, 9.17) is 5.73 Å². The maximum absolute atomic E-state index is 12.6. The van der Waals surface area contributed by atoms with Crippen molar-refractivity contribution >= 4 is 11.7 Å². The van der Waals surface area contributed by atoms with E-state index in [2.05, 4.69) is 0 Å². The molecule has 5 nitrogen and oxygen atoms in total. The van der Waals surface area contributed by atoms with Crippen LogP contribution < -0.4 is 5.73 Å². The van der Waals surface area contributed by atoms with E-state index in [0.29, 0.717) is 37.2 Å². The van der Waals surface area contributed by atoms with Gasteiger partial charge < -0.3 is 15.9 Å². The van der Waals surface area contributed by atoms with Gasteiger partial charge in [0.1, 0.15) is 11.5 Å². The van der Waals surface area contributed by atoms with E-state index in [1.54, 1.807) is 6.07 Å². The van der Waals surface area contributed by atoms with Gasteiger partial charge >= 0.3 is 0 Å². The first kappa shape index (κ1) is 19.1. The van der Waals surface area contributed by atoms with Crippen LogP contribution in [0.1, 0.15) is 85.7 Å². The molecule has 4 aliphatic rings. The van der Waals surface area contributed by atoms with Gasteiger partial charge in [0.15, 0.2) is 0 Å². The van der Waals surface area contributed by atoms with Crippen LogP contribution >= 0.6 is 0 Å². The number of carbonyl (C=O) groups is 2. The maximum Gasteiger partial charge on any atom is 0.252 e. The van der Waals surface area contributed by atoms with E-state index in [0.717, 1.165) is 24.3 Å². The van der Waals surface area contributed by atoms with Crippen LogP contribution in [0, 0.1) is 17.8 Å². The summed E-state index contributed by atoms with van der Waals surface area (Å²) in [4.78, 5) is 24.4. The van der Waals surface area contributed by atoms with Crippen molar-refractivity contribution in [2.45, 2.75) is 81.6 Å². The third-order valence-electron chi connectivity index (χ3n) is 8.80. The molecule has 0 aliphatic heterocycles. The summed E-state index contributed by atoms with van der Waals surface area (Å²) in [5, 5.41) is 23.2. The number of aliphatic hydroxyl groups is 1. The van der Waals surface area contributed by atoms with Gasteiger partial charge in [-0.15, -0.1) is 0 Å². The lowest BCUT2D eigenvalue weighted by atomic mass is 9.43. The number of primary amides is 1. The Labute approximate surface area is 171 Å². The SMILES string of the molecule is NC(=O)c1ccc2c(c1O)C13CCC(CC4CCCC4)C(C2)C1(O)CCC(=O)C3. The Morgan fingerprint density at radius 1 is 1.17 bits per heavy atom. The molecule has 2 bridgehead atoms. The van der Waals surface area contributed by atoms with Gasteiger partial charge in [0.25, 0.3) is 5.91 Å². The van der Waals surface area contributed by atoms with E-state index < -0.39 is 16.9 Å². The Hall–Kier alpha value is -1.88. The zero-order valence-corrected chi connectivity index (χ0v) is 17.0. The van der Waals surface area contributed by atoms with Crippen molar-refractivity contribution in [3.05, 3.63) is 28.8 Å². The molecule has 0 spiro atoms. The monoisotopic (exact) mass is 397 g/mol. The van der Waals surface area contributed by atoms with E-state index in [-0.39, 0.29) is 29.4 Å². The van der Waals surface area contributed by atoms with E-state index in [1.165, 1.54) is 25.7 Å². The van der Waals surface area contributed by atoms with Crippen LogP contribution in [-0.4, -0.2) is 27.5 Å². The first-order valence-corrected chi connectivity index (χ1v) is 11.2. The Bertz CT molecular complexity index is 874. The third-order valence-corrected chi connectivity index (χ3v) is 8.80. The average molecular weight is 398 g/mol. The predicted octanol–water partition coefficient (Wildman–Crippen LogP) is 3.38. The molecule has 1 aromatic carbocycles. The largest absolute Gasteiger partial charge is 0.507 e. The van der Waals surface area contributed by atoms with E-state index in [9.17, 15) is 19.8 Å². The number of nitrogens with two attached hydrogens (primary N) is 1. The fourth-order valence-electron chi connectivity index (χ4n) is 7.51. The first-order valence-electron chi connectivity index (χ1n) is 11.2. The Morgan fingerprint density at radius 2 is 1.93 bits per heavy atom. The second-order valence-electron chi connectivity index (χ2n) is 10.1. The van der Waals surface area contributed by atoms with Crippen molar-refractivity contribution in [1.29, 1.82) is 0 Å². The second kappa shape index (κ2) is 6.56. The first-order chi connectivity index (χ1) is 13.9. The highest BCUT2D eigenvalue weighted by Crippen LogP contribution is 2.64. The lowest BCUT2D eigenvalue weighted by Gasteiger charge is -2.63. The van der Waals surface area contributed by atoms with Crippen LogP contribution in [0.25, 0.3) is 0 Å². The van der Waals surface area contributed by atoms with Crippen molar-refractivity contribution in [2.24, 2.45) is 23.5 Å². The number of carbonyl (C=O) groups excluding carboxylic acids is 2. The summed E-state index contributed by atoms with van der Waals surface area (Å²) in [5.74, 6) is 0.666. The molecule has 1 aromatic rings. The van der Waals surface area contributed by atoms with Crippen molar-refractivity contribution in [1.82, 2.24) is 0 Å². The highest BCUT2D eigenvalue weighted by molar-refractivity contribution is 5.96. The zero-order chi connectivity index (χ0) is 20.4. The predicted molar refractivity (Wildman–Crippen MR) is 109 cm³/mol. The van der Waals surface area contributed by atoms with Gasteiger partial charge in [-0.3, -0.25) is 9.59 Å². The number of fused-ring (bicyclic) bond motifs is 1. The molecule has 0 heterocycles. The molecule has 5 heteroatoms. The summed E-state index contributed by atoms with van der Waals surface area (Å²) in [6.45, 7) is 0. The molecule has 0 radical (unpaired) electrons. The molecule has 0 saturated heterocycles. The van der Waals surface area contributed by atoms with Crippen LogP contribution in [-0.2, 0) is 16.6 Å². The molecule has 4 unspecified atom stereocenters. The molecule has 4 N–H and O–H groups in total. The Morgan fingerprint density at radius 3 is 2.66 bits per heavy atom. The minimum absolute atomic E-state index is 0.0880. The smallest absolute Gasteiger partial charge is 0.252 e. The van der Waals surface area contributed by atoms with Gasteiger partial charge in [0.2, 0.25) is 0 Å². The second-order valence-corrected chi connectivity index (χ2v) is 10.1. The molecule has 4 atom stereocenters. The van der Waals surface area contributed by atoms with Gasteiger partial charge in [-0.05, 0) is 61.5 Å². The van der Waals surface area contributed by atoms with Crippen LogP contribution in [0.15, 0.2) is 12.1 Å². The lowest BCUT2D eigenvalue weighted by Crippen LogP contribution is -2.67. The normalized spacial score (nSPS) is 36.5. The third kappa shape index (κ3) is 2.62. The number of amides is 1. The van der Waals surface area contributed by atoms with E-state index >= 15 is 0 Å². The molecule has 29 heavy (non-hydrogen) atoms. The molecule has 1 amide bonds. The summed E-state index contributed by atoms with van der Waals surface area (Å²) in [7, 11) is 0. The molecule has 3 saturated carbocycles. The zero-order valence-electron chi connectivity index (χ0n) is 17.0. The molecule has 4 aliphatic carbocycles. The molecule has 3 fully saturated rings. The van der Waals surface area contributed by atoms with Crippen LogP contribution in [0.5, 0.6) is 5.75 Å². The Kier molecular flexibility index (Phi) is 4.32. The number of ketones is 1. The number of aromatic hydroxyl groups is 1. The fourth-order valence-corrected chi connectivity index (χ4v) is 7.51. The maximum atomic E-state index is 12.6. The summed E-state index contributed by atoms with van der Waals surface area (Å²) in [6, 6.07) is 3.49. The summed E-state index contributed by atoms with van der Waals surface area (Å²) in [6.07, 6.45) is 9.85. The van der Waals surface area contributed by atoms with Crippen LogP contribution in [0.2, 0.25) is 0 Å². The molecular weight excluding hydrogens is 366 g/mol. The quantitative estimate of drug-likeness (QED) is 0.728. The average Bonchev–Trinajstić information content (AvgIpc) is 3.17. The molecule has 156 valence electrons. The number of hydrogen-bond acceptors (Lipinski definition) is 4. The molecule has 5 rings (SSSR count). The standard InChI is InChI=1S/C24H31NO4/c25-22(28)18-6-5-16-12-19-15(11-14-3-1-2-4-14)7-9-23(20(16)21(18)27)13-17(26)8-10-24(19,23)29/h5-6,14-15,19,27,29H,1-4,7-13H2,(H2,25,28). The van der Waals surface area contributed by atoms with Crippen molar-refractivity contribution < 1.29 is 19.8 Å². The highest BCUT2D eigenvalue weighted by atomic mass is 16.3. The van der Waals surface area contributed by atoms with Crippen LogP contribution in [0.3, 0.4) is 0 Å².